The summed E-state index contributed by atoms with van der Waals surface area (Å²) in [5.74, 6) is -0.0489. The van der Waals surface area contributed by atoms with Crippen molar-refractivity contribution in [3.05, 3.63) is 34.9 Å². The van der Waals surface area contributed by atoms with Gasteiger partial charge in [0.15, 0.2) is 0 Å². The van der Waals surface area contributed by atoms with Gasteiger partial charge in [-0.3, -0.25) is 14.2 Å². The molecule has 7 nitrogen and oxygen atoms in total. The lowest BCUT2D eigenvalue weighted by Crippen LogP contribution is -2.41. The van der Waals surface area contributed by atoms with Crippen LogP contribution in [-0.4, -0.2) is 38.6 Å². The van der Waals surface area contributed by atoms with Crippen LogP contribution in [0.25, 0.3) is 0 Å². The summed E-state index contributed by atoms with van der Waals surface area (Å²) in [5, 5.41) is 14.7. The molecule has 0 fully saturated rings. The molecule has 0 aliphatic rings. The number of nitrogens with one attached hydrogen (secondary N) is 2. The molecule has 7 heteroatoms. The number of aryl methyl sites for hydroxylation is 3. The Kier molecular flexibility index (Phi) is 5.20. The number of likely N-dealkylation sites (N-methyl/N-ethyl adjacent to an activating group) is 1. The molecule has 0 spiro atoms. The van der Waals surface area contributed by atoms with Crippen LogP contribution in [0.3, 0.4) is 0 Å². The molecule has 2 atom stereocenters. The van der Waals surface area contributed by atoms with Crippen molar-refractivity contribution in [2.24, 2.45) is 14.1 Å². The van der Waals surface area contributed by atoms with Gasteiger partial charge in [-0.2, -0.15) is 10.2 Å². The minimum atomic E-state index is -0.401. The Morgan fingerprint density at radius 2 is 2.04 bits per heavy atom. The maximum atomic E-state index is 12.5. The average molecular weight is 318 g/mol. The van der Waals surface area contributed by atoms with E-state index in [9.17, 15) is 4.79 Å². The summed E-state index contributed by atoms with van der Waals surface area (Å²) < 4.78 is 3.57. The molecule has 126 valence electrons. The molecule has 2 aromatic heterocycles. The summed E-state index contributed by atoms with van der Waals surface area (Å²) in [6.45, 7) is 6.07. The van der Waals surface area contributed by atoms with E-state index in [0.29, 0.717) is 0 Å². The van der Waals surface area contributed by atoms with Gasteiger partial charge in [0, 0.05) is 37.6 Å². The third-order valence-corrected chi connectivity index (χ3v) is 4.17. The third-order valence-electron chi connectivity index (χ3n) is 4.17. The molecule has 0 bridgehead atoms. The molecule has 2 unspecified atom stereocenters. The maximum absolute atomic E-state index is 12.5. The second kappa shape index (κ2) is 6.95. The quantitative estimate of drug-likeness (QED) is 0.825. The van der Waals surface area contributed by atoms with Gasteiger partial charge >= 0.3 is 0 Å². The van der Waals surface area contributed by atoms with E-state index in [4.69, 9.17) is 0 Å². The first-order chi connectivity index (χ1) is 10.8. The lowest BCUT2D eigenvalue weighted by atomic mass is 10.0. The Labute approximate surface area is 137 Å². The number of rotatable bonds is 6. The fourth-order valence-corrected chi connectivity index (χ4v) is 2.83. The molecule has 2 heterocycles. The SMILES string of the molecule is CNC(C(=O)NC(C)Cc1c(C)nn(C)c1C)c1cnn(C)c1. The van der Waals surface area contributed by atoms with Gasteiger partial charge in [0.2, 0.25) is 5.91 Å². The van der Waals surface area contributed by atoms with Gasteiger partial charge in [0.05, 0.1) is 11.9 Å². The average Bonchev–Trinajstić information content (AvgIpc) is 2.99. The first-order valence-electron chi connectivity index (χ1n) is 7.78. The fourth-order valence-electron chi connectivity index (χ4n) is 2.83. The van der Waals surface area contributed by atoms with Crippen LogP contribution in [0, 0.1) is 13.8 Å². The van der Waals surface area contributed by atoms with E-state index in [1.54, 1.807) is 17.9 Å². The zero-order valence-corrected chi connectivity index (χ0v) is 14.7. The second-order valence-corrected chi connectivity index (χ2v) is 6.06. The highest BCUT2D eigenvalue weighted by Crippen LogP contribution is 2.15. The molecule has 0 aliphatic heterocycles. The predicted molar refractivity (Wildman–Crippen MR) is 89.0 cm³/mol. The van der Waals surface area contributed by atoms with Gasteiger partial charge in [-0.1, -0.05) is 0 Å². The van der Waals surface area contributed by atoms with E-state index >= 15 is 0 Å². The highest BCUT2D eigenvalue weighted by Gasteiger charge is 2.22. The highest BCUT2D eigenvalue weighted by atomic mass is 16.2. The van der Waals surface area contributed by atoms with Crippen LogP contribution in [0.5, 0.6) is 0 Å². The molecule has 0 saturated heterocycles. The van der Waals surface area contributed by atoms with Crippen molar-refractivity contribution in [2.45, 2.75) is 39.3 Å². The van der Waals surface area contributed by atoms with Crippen LogP contribution in [-0.2, 0) is 25.3 Å². The number of nitrogens with zero attached hydrogens (tertiary/aromatic N) is 4. The molecular formula is C16H26N6O. The number of hydrogen-bond acceptors (Lipinski definition) is 4. The first-order valence-corrected chi connectivity index (χ1v) is 7.78. The van der Waals surface area contributed by atoms with E-state index in [1.807, 2.05) is 38.8 Å². The summed E-state index contributed by atoms with van der Waals surface area (Å²) in [6.07, 6.45) is 4.32. The van der Waals surface area contributed by atoms with Crippen molar-refractivity contribution in [3.63, 3.8) is 0 Å². The van der Waals surface area contributed by atoms with Crippen LogP contribution in [0.4, 0.5) is 0 Å². The van der Waals surface area contributed by atoms with Crippen molar-refractivity contribution in [3.8, 4) is 0 Å². The van der Waals surface area contributed by atoms with Gasteiger partial charge in [-0.05, 0) is 39.8 Å². The van der Waals surface area contributed by atoms with Gasteiger partial charge in [-0.15, -0.1) is 0 Å². The van der Waals surface area contributed by atoms with Crippen molar-refractivity contribution in [1.29, 1.82) is 0 Å². The van der Waals surface area contributed by atoms with Gasteiger partial charge in [0.25, 0.3) is 0 Å². The summed E-state index contributed by atoms with van der Waals surface area (Å²) in [4.78, 5) is 12.5. The largest absolute Gasteiger partial charge is 0.352 e. The zero-order valence-electron chi connectivity index (χ0n) is 14.7. The molecule has 23 heavy (non-hydrogen) atoms. The number of carbonyl (C=O) groups excluding carboxylic acids is 1. The molecule has 2 N–H and O–H groups in total. The van der Waals surface area contributed by atoms with E-state index in [-0.39, 0.29) is 11.9 Å². The van der Waals surface area contributed by atoms with Gasteiger partial charge in [-0.25, -0.2) is 0 Å². The van der Waals surface area contributed by atoms with E-state index < -0.39 is 6.04 Å². The summed E-state index contributed by atoms with van der Waals surface area (Å²) in [7, 11) is 5.55. The van der Waals surface area contributed by atoms with E-state index in [0.717, 1.165) is 23.4 Å². The molecule has 2 rings (SSSR count). The molecule has 0 radical (unpaired) electrons. The minimum absolute atomic E-state index is 0.0246. The van der Waals surface area contributed by atoms with Crippen molar-refractivity contribution < 1.29 is 4.79 Å². The second-order valence-electron chi connectivity index (χ2n) is 6.06. The van der Waals surface area contributed by atoms with Gasteiger partial charge in [0.1, 0.15) is 6.04 Å². The first kappa shape index (κ1) is 17.2. The van der Waals surface area contributed by atoms with E-state index in [1.165, 1.54) is 5.56 Å². The minimum Gasteiger partial charge on any atom is -0.352 e. The van der Waals surface area contributed by atoms with Crippen molar-refractivity contribution >= 4 is 5.91 Å². The smallest absolute Gasteiger partial charge is 0.242 e. The van der Waals surface area contributed by atoms with Crippen LogP contribution >= 0.6 is 0 Å². The van der Waals surface area contributed by atoms with Crippen molar-refractivity contribution in [1.82, 2.24) is 30.2 Å². The summed E-state index contributed by atoms with van der Waals surface area (Å²) >= 11 is 0. The van der Waals surface area contributed by atoms with Crippen molar-refractivity contribution in [2.75, 3.05) is 7.05 Å². The number of hydrogen-bond donors (Lipinski definition) is 2. The lowest BCUT2D eigenvalue weighted by Gasteiger charge is -2.19. The number of carbonyl (C=O) groups is 1. The predicted octanol–water partition coefficient (Wildman–Crippen LogP) is 0.778. The maximum Gasteiger partial charge on any atom is 0.242 e. The zero-order chi connectivity index (χ0) is 17.1. The third kappa shape index (κ3) is 3.79. The summed E-state index contributed by atoms with van der Waals surface area (Å²) in [6, 6.07) is -0.376. The molecule has 2 aromatic rings. The monoisotopic (exact) mass is 318 g/mol. The van der Waals surface area contributed by atoms with Crippen LogP contribution in [0.15, 0.2) is 12.4 Å². The fraction of sp³-hybridized carbons (Fsp3) is 0.562. The molecule has 0 aromatic carbocycles. The van der Waals surface area contributed by atoms with Crippen LogP contribution < -0.4 is 10.6 Å². The Bertz CT molecular complexity index is 687. The Morgan fingerprint density at radius 1 is 1.35 bits per heavy atom. The Morgan fingerprint density at radius 3 is 2.52 bits per heavy atom. The summed E-state index contributed by atoms with van der Waals surface area (Å²) in [5.41, 5.74) is 4.21. The molecule has 1 amide bonds. The van der Waals surface area contributed by atoms with Gasteiger partial charge < -0.3 is 10.6 Å². The van der Waals surface area contributed by atoms with E-state index in [2.05, 4.69) is 27.8 Å². The molecular weight excluding hydrogens is 292 g/mol. The highest BCUT2D eigenvalue weighted by molar-refractivity contribution is 5.83. The van der Waals surface area contributed by atoms with Crippen LogP contribution in [0.2, 0.25) is 0 Å². The van der Waals surface area contributed by atoms with Crippen LogP contribution in [0.1, 0.15) is 35.5 Å². The lowest BCUT2D eigenvalue weighted by molar-refractivity contribution is -0.123. The Balaban J connectivity index is 2.03. The number of aromatic nitrogens is 4. The standard InChI is InChI=1S/C16H26N6O/c1-10(7-14-11(2)20-22(6)12(14)3)19-16(23)15(17-4)13-8-18-21(5)9-13/h8-10,15,17H,7H2,1-6H3,(H,19,23). The Hall–Kier alpha value is -2.15. The normalized spacial score (nSPS) is 13.8. The molecule has 0 aliphatic carbocycles. The number of amides is 1. The molecule has 0 saturated carbocycles. The topological polar surface area (TPSA) is 76.8 Å².